The second kappa shape index (κ2) is 12.3. The Morgan fingerprint density at radius 1 is 1.17 bits per heavy atom. The molecule has 136 valence electrons. The molecule has 1 atom stereocenters. The molecule has 0 spiro atoms. The molecule has 1 rings (SSSR count). The van der Waals surface area contributed by atoms with Crippen molar-refractivity contribution in [3.63, 3.8) is 0 Å². The fraction of sp³-hybridized carbons (Fsp3) is 0.889. The van der Waals surface area contributed by atoms with Crippen LogP contribution in [-0.2, 0) is 9.53 Å². The molecule has 1 aliphatic rings. The summed E-state index contributed by atoms with van der Waals surface area (Å²) in [5.74, 6) is 0.154. The molecule has 1 saturated heterocycles. The predicted octanol–water partition coefficient (Wildman–Crippen LogP) is 3.76. The second-order valence-corrected chi connectivity index (χ2v) is 6.59. The van der Waals surface area contributed by atoms with E-state index in [0.29, 0.717) is 19.4 Å². The van der Waals surface area contributed by atoms with E-state index < -0.39 is 0 Å². The first-order chi connectivity index (χ1) is 11.1. The van der Waals surface area contributed by atoms with Crippen LogP contribution < -0.4 is 5.32 Å². The highest BCUT2D eigenvalue weighted by Crippen LogP contribution is 2.13. The molecule has 0 aromatic rings. The number of nitrogens with one attached hydrogen (secondary N) is 1. The van der Waals surface area contributed by atoms with Gasteiger partial charge in [-0.05, 0) is 52.1 Å². The van der Waals surface area contributed by atoms with Crippen molar-refractivity contribution < 1.29 is 15.8 Å². The van der Waals surface area contributed by atoms with Gasteiger partial charge in [0.25, 0.3) is 0 Å². The average molecular weight is 328 g/mol. The molecule has 0 aromatic carbocycles. The smallest absolute Gasteiger partial charge is 0.407 e. The summed E-state index contributed by atoms with van der Waals surface area (Å²) >= 11 is 0. The Morgan fingerprint density at radius 3 is 2.57 bits per heavy atom. The summed E-state index contributed by atoms with van der Waals surface area (Å²) in [4.78, 5) is 25.5. The number of nitrogens with zero attached hydrogens (tertiary/aromatic N) is 1. The number of carbonyl (C=O) groups is 2. The number of amides is 1. The maximum absolute atomic E-state index is 11.9. The van der Waals surface area contributed by atoms with Crippen molar-refractivity contribution in [2.45, 2.75) is 77.7 Å². The summed E-state index contributed by atoms with van der Waals surface area (Å²) in [5.41, 5.74) is 0. The van der Waals surface area contributed by atoms with Crippen molar-refractivity contribution in [3.05, 3.63) is 0 Å². The van der Waals surface area contributed by atoms with Crippen LogP contribution in [-0.4, -0.2) is 49.1 Å². The molecule has 5 heteroatoms. The van der Waals surface area contributed by atoms with Gasteiger partial charge in [0.05, 0.1) is 0 Å². The Kier molecular flexibility index (Phi) is 10.7. The first kappa shape index (κ1) is 19.9. The van der Waals surface area contributed by atoms with E-state index in [9.17, 15) is 9.59 Å². The molecule has 1 fully saturated rings. The standard InChI is InChI=1S/C18H34N2O3.H2/c1-3-4-5-6-9-17(11-10-16(2)21)23-18(22)19-12-15-20-13-7-8-14-20;/h17H,3-15H2,1-2H3,(H,19,22);1H. The predicted molar refractivity (Wildman–Crippen MR) is 94.7 cm³/mol. The summed E-state index contributed by atoms with van der Waals surface area (Å²) in [7, 11) is 0. The maximum atomic E-state index is 11.9. The number of hydrogen-bond acceptors (Lipinski definition) is 4. The van der Waals surface area contributed by atoms with Gasteiger partial charge in [-0.3, -0.25) is 0 Å². The molecule has 0 aromatic heterocycles. The second-order valence-electron chi connectivity index (χ2n) is 6.59. The number of carbonyl (C=O) groups excluding carboxylic acids is 2. The third-order valence-electron chi connectivity index (χ3n) is 4.37. The first-order valence-electron chi connectivity index (χ1n) is 9.28. The molecular weight excluding hydrogens is 292 g/mol. The number of rotatable bonds is 12. The molecule has 1 unspecified atom stereocenters. The van der Waals surface area contributed by atoms with Crippen LogP contribution in [0.3, 0.4) is 0 Å². The molecule has 23 heavy (non-hydrogen) atoms. The van der Waals surface area contributed by atoms with Gasteiger partial charge in [-0.2, -0.15) is 0 Å². The number of unbranched alkanes of at least 4 members (excludes halogenated alkanes) is 3. The van der Waals surface area contributed by atoms with Crippen LogP contribution in [0.25, 0.3) is 0 Å². The molecule has 0 radical (unpaired) electrons. The molecule has 0 bridgehead atoms. The van der Waals surface area contributed by atoms with Gasteiger partial charge in [-0.25, -0.2) is 4.79 Å². The lowest BCUT2D eigenvalue weighted by atomic mass is 10.0. The van der Waals surface area contributed by atoms with Crippen LogP contribution in [0.5, 0.6) is 0 Å². The molecule has 1 aliphatic heterocycles. The molecule has 1 N–H and O–H groups in total. The number of Topliss-reactive ketones (excluding diaryl/α,β-unsaturated/α-hetero) is 1. The number of ketones is 1. The zero-order chi connectivity index (χ0) is 16.9. The summed E-state index contributed by atoms with van der Waals surface area (Å²) in [6.45, 7) is 7.56. The molecule has 1 amide bonds. The molecule has 1 heterocycles. The Balaban J connectivity index is 0.00000529. The van der Waals surface area contributed by atoms with Crippen molar-refractivity contribution in [2.75, 3.05) is 26.2 Å². The van der Waals surface area contributed by atoms with Gasteiger partial charge in [0.1, 0.15) is 11.9 Å². The summed E-state index contributed by atoms with van der Waals surface area (Å²) < 4.78 is 5.53. The Bertz CT molecular complexity index is 347. The van der Waals surface area contributed by atoms with Gasteiger partial charge >= 0.3 is 6.09 Å². The van der Waals surface area contributed by atoms with Crippen molar-refractivity contribution in [3.8, 4) is 0 Å². The first-order valence-corrected chi connectivity index (χ1v) is 9.28. The zero-order valence-corrected chi connectivity index (χ0v) is 14.9. The zero-order valence-electron chi connectivity index (χ0n) is 14.9. The molecule has 0 aliphatic carbocycles. The molecule has 0 saturated carbocycles. The van der Waals surface area contributed by atoms with Gasteiger partial charge in [0, 0.05) is 20.9 Å². The van der Waals surface area contributed by atoms with Gasteiger partial charge in [-0.15, -0.1) is 0 Å². The Hall–Kier alpha value is -1.10. The lowest BCUT2D eigenvalue weighted by molar-refractivity contribution is -0.117. The Morgan fingerprint density at radius 2 is 1.91 bits per heavy atom. The van der Waals surface area contributed by atoms with Gasteiger partial charge in [0.2, 0.25) is 0 Å². The van der Waals surface area contributed by atoms with Crippen LogP contribution in [0.2, 0.25) is 0 Å². The van der Waals surface area contributed by atoms with Crippen molar-refractivity contribution in [1.82, 2.24) is 10.2 Å². The van der Waals surface area contributed by atoms with Crippen LogP contribution >= 0.6 is 0 Å². The summed E-state index contributed by atoms with van der Waals surface area (Å²) in [6.07, 6.45) is 8.63. The minimum Gasteiger partial charge on any atom is -0.446 e. The maximum Gasteiger partial charge on any atom is 0.407 e. The normalized spacial score (nSPS) is 16.3. The van der Waals surface area contributed by atoms with Crippen molar-refractivity contribution in [1.29, 1.82) is 0 Å². The number of hydrogen-bond donors (Lipinski definition) is 1. The van der Waals surface area contributed by atoms with E-state index in [1.165, 1.54) is 25.7 Å². The van der Waals surface area contributed by atoms with E-state index >= 15 is 0 Å². The average Bonchev–Trinajstić information content (AvgIpc) is 3.02. The fourth-order valence-electron chi connectivity index (χ4n) is 2.94. The third-order valence-corrected chi connectivity index (χ3v) is 4.37. The quantitative estimate of drug-likeness (QED) is 0.554. The van der Waals surface area contributed by atoms with E-state index in [2.05, 4.69) is 17.1 Å². The summed E-state index contributed by atoms with van der Waals surface area (Å²) in [6, 6.07) is 0. The van der Waals surface area contributed by atoms with Crippen LogP contribution in [0, 0.1) is 0 Å². The van der Waals surface area contributed by atoms with Crippen molar-refractivity contribution >= 4 is 11.9 Å². The van der Waals surface area contributed by atoms with Gasteiger partial charge in [0.15, 0.2) is 0 Å². The van der Waals surface area contributed by atoms with Crippen LogP contribution in [0.1, 0.15) is 73.1 Å². The van der Waals surface area contributed by atoms with E-state index in [1.54, 1.807) is 6.92 Å². The topological polar surface area (TPSA) is 58.6 Å². The molecular formula is C18H36N2O3. The third kappa shape index (κ3) is 10.3. The summed E-state index contributed by atoms with van der Waals surface area (Å²) in [5, 5.41) is 2.84. The highest BCUT2D eigenvalue weighted by Gasteiger charge is 2.16. The lowest BCUT2D eigenvalue weighted by Crippen LogP contribution is -2.35. The van der Waals surface area contributed by atoms with E-state index in [-0.39, 0.29) is 19.4 Å². The lowest BCUT2D eigenvalue weighted by Gasteiger charge is -2.19. The van der Waals surface area contributed by atoms with Crippen LogP contribution in [0.4, 0.5) is 4.79 Å². The molecule has 5 nitrogen and oxygen atoms in total. The number of ether oxygens (including phenoxy) is 1. The van der Waals surface area contributed by atoms with Crippen molar-refractivity contribution in [2.24, 2.45) is 0 Å². The minimum absolute atomic E-state index is 0. The minimum atomic E-state index is -0.340. The largest absolute Gasteiger partial charge is 0.446 e. The van der Waals surface area contributed by atoms with Gasteiger partial charge in [-0.1, -0.05) is 26.2 Å². The van der Waals surface area contributed by atoms with E-state index in [0.717, 1.165) is 38.9 Å². The monoisotopic (exact) mass is 328 g/mol. The van der Waals surface area contributed by atoms with E-state index in [4.69, 9.17) is 4.74 Å². The van der Waals surface area contributed by atoms with E-state index in [1.807, 2.05) is 0 Å². The number of likely N-dealkylation sites (tertiary alicyclic amines) is 1. The SMILES string of the molecule is CCCCCCC(CCC(C)=O)OC(=O)NCCN1CCCC1.[HH]. The van der Waals surface area contributed by atoms with Crippen LogP contribution in [0.15, 0.2) is 0 Å². The highest BCUT2D eigenvalue weighted by molar-refractivity contribution is 5.75. The Labute approximate surface area is 142 Å². The van der Waals surface area contributed by atoms with Gasteiger partial charge < -0.3 is 19.7 Å². The fourth-order valence-corrected chi connectivity index (χ4v) is 2.94. The highest BCUT2D eigenvalue weighted by atomic mass is 16.6. The number of alkyl carbamates (subject to hydrolysis) is 1.